The van der Waals surface area contributed by atoms with E-state index in [0.29, 0.717) is 12.5 Å². The number of piperidine rings is 1. The van der Waals surface area contributed by atoms with Crippen molar-refractivity contribution in [3.63, 3.8) is 0 Å². The molecule has 1 aromatic heterocycles. The Balaban J connectivity index is 1.55. The van der Waals surface area contributed by atoms with Crippen LogP contribution in [0.25, 0.3) is 0 Å². The molecule has 1 saturated heterocycles. The molecule has 1 amide bonds. The van der Waals surface area contributed by atoms with Crippen LogP contribution in [0, 0.1) is 33.6 Å². The van der Waals surface area contributed by atoms with Crippen LogP contribution in [0.1, 0.15) is 35.1 Å². The van der Waals surface area contributed by atoms with Gasteiger partial charge in [-0.25, -0.2) is 18.1 Å². The summed E-state index contributed by atoms with van der Waals surface area (Å²) in [6.45, 7) is 9.48. The number of anilines is 1. The van der Waals surface area contributed by atoms with Gasteiger partial charge in [0, 0.05) is 31.2 Å². The second kappa shape index (κ2) is 9.45. The molecule has 7 nitrogen and oxygen atoms in total. The summed E-state index contributed by atoms with van der Waals surface area (Å²) in [6.07, 6.45) is 3.89. The molecule has 1 aliphatic heterocycles. The molecule has 164 valence electrons. The molecule has 0 aliphatic carbocycles. The number of sulfonamides is 1. The fourth-order valence-corrected chi connectivity index (χ4v) is 6.19. The van der Waals surface area contributed by atoms with Gasteiger partial charge >= 0.3 is 0 Å². The first-order valence-electron chi connectivity index (χ1n) is 10.2. The minimum atomic E-state index is -3.77. The van der Waals surface area contributed by atoms with E-state index >= 15 is 0 Å². The molecule has 1 aliphatic rings. The Hall–Kier alpha value is -1.97. The molecule has 2 aromatic rings. The molecule has 30 heavy (non-hydrogen) atoms. The van der Waals surface area contributed by atoms with Crippen molar-refractivity contribution < 1.29 is 13.2 Å². The number of hydrogen-bond donors (Lipinski definition) is 2. The number of aromatic nitrogens is 1. The Morgan fingerprint density at radius 1 is 1.23 bits per heavy atom. The summed E-state index contributed by atoms with van der Waals surface area (Å²) in [5.74, 6) is 0.0109. The van der Waals surface area contributed by atoms with Gasteiger partial charge in [0.2, 0.25) is 15.9 Å². The lowest BCUT2D eigenvalue weighted by atomic mass is 9.98. The summed E-state index contributed by atoms with van der Waals surface area (Å²) in [7, 11) is -3.77. The van der Waals surface area contributed by atoms with E-state index in [9.17, 15) is 13.2 Å². The maximum Gasteiger partial charge on any atom is 0.241 e. The number of aryl methyl sites for hydroxylation is 2. The summed E-state index contributed by atoms with van der Waals surface area (Å²) in [5, 5.41) is 5.86. The summed E-state index contributed by atoms with van der Waals surface area (Å²) >= 11 is 1.62. The van der Waals surface area contributed by atoms with E-state index < -0.39 is 10.0 Å². The van der Waals surface area contributed by atoms with Gasteiger partial charge in [0.1, 0.15) is 0 Å². The van der Waals surface area contributed by atoms with Crippen molar-refractivity contribution >= 4 is 32.4 Å². The van der Waals surface area contributed by atoms with Crippen LogP contribution in [0.4, 0.5) is 5.13 Å². The molecule has 1 atom stereocenters. The lowest BCUT2D eigenvalue weighted by Crippen LogP contribution is -2.43. The predicted molar refractivity (Wildman–Crippen MR) is 121 cm³/mol. The zero-order chi connectivity index (χ0) is 21.9. The van der Waals surface area contributed by atoms with Gasteiger partial charge in [-0.2, -0.15) is 0 Å². The first-order chi connectivity index (χ1) is 14.2. The highest BCUT2D eigenvalue weighted by Crippen LogP contribution is 2.26. The Morgan fingerprint density at radius 3 is 2.57 bits per heavy atom. The molecular formula is C21H30N4O3S2. The number of benzene rings is 1. The van der Waals surface area contributed by atoms with Crippen LogP contribution < -0.4 is 14.9 Å². The van der Waals surface area contributed by atoms with Gasteiger partial charge in [0.15, 0.2) is 5.13 Å². The van der Waals surface area contributed by atoms with Crippen molar-refractivity contribution in [1.29, 1.82) is 0 Å². The van der Waals surface area contributed by atoms with Crippen molar-refractivity contribution in [2.45, 2.75) is 45.4 Å². The standard InChI is InChI=1S/C21H30N4O3S2/c1-14-10-15(2)17(4)20(16(14)3)30(27,28)24-12-19(26)23-11-18-6-5-8-25(13-18)21-22-7-9-29-21/h7,9-10,18,24H,5-6,8,11-13H2,1-4H3,(H,23,26). The average Bonchev–Trinajstić information content (AvgIpc) is 3.24. The molecule has 1 unspecified atom stereocenters. The number of hydrogen-bond acceptors (Lipinski definition) is 6. The third-order valence-corrected chi connectivity index (χ3v) is 8.29. The molecule has 1 aromatic carbocycles. The van der Waals surface area contributed by atoms with Crippen LogP contribution in [-0.2, 0) is 14.8 Å². The SMILES string of the molecule is Cc1cc(C)c(C)c(S(=O)(=O)NCC(=O)NCC2CCCN(c3nccs3)C2)c1C. The van der Waals surface area contributed by atoms with Crippen molar-refractivity contribution in [2.24, 2.45) is 5.92 Å². The van der Waals surface area contributed by atoms with E-state index in [4.69, 9.17) is 0 Å². The third kappa shape index (κ3) is 5.19. The third-order valence-electron chi connectivity index (χ3n) is 5.79. The zero-order valence-corrected chi connectivity index (χ0v) is 19.6. The number of carbonyl (C=O) groups excluding carboxylic acids is 1. The summed E-state index contributed by atoms with van der Waals surface area (Å²) in [5.41, 5.74) is 3.28. The van der Waals surface area contributed by atoms with E-state index in [2.05, 4.69) is 19.9 Å². The highest BCUT2D eigenvalue weighted by Gasteiger charge is 2.24. The molecule has 2 N–H and O–H groups in total. The Labute approximate surface area is 183 Å². The number of nitrogens with zero attached hydrogens (tertiary/aromatic N) is 2. The van der Waals surface area contributed by atoms with Crippen molar-refractivity contribution in [3.05, 3.63) is 39.9 Å². The van der Waals surface area contributed by atoms with Gasteiger partial charge in [-0.05, 0) is 68.7 Å². The first-order valence-corrected chi connectivity index (χ1v) is 12.5. The van der Waals surface area contributed by atoms with Gasteiger partial charge in [-0.3, -0.25) is 4.79 Å². The Kier molecular flexibility index (Phi) is 7.15. The van der Waals surface area contributed by atoms with Gasteiger partial charge in [0.05, 0.1) is 11.4 Å². The van der Waals surface area contributed by atoms with Crippen molar-refractivity contribution in [2.75, 3.05) is 31.1 Å². The number of thiazole rings is 1. The van der Waals surface area contributed by atoms with Crippen molar-refractivity contribution in [1.82, 2.24) is 15.0 Å². The highest BCUT2D eigenvalue weighted by atomic mass is 32.2. The number of carbonyl (C=O) groups is 1. The van der Waals surface area contributed by atoms with Crippen LogP contribution >= 0.6 is 11.3 Å². The smallest absolute Gasteiger partial charge is 0.241 e. The van der Waals surface area contributed by atoms with E-state index in [1.165, 1.54) is 0 Å². The highest BCUT2D eigenvalue weighted by molar-refractivity contribution is 7.89. The molecule has 3 rings (SSSR count). The van der Waals surface area contributed by atoms with Crippen LogP contribution in [0.2, 0.25) is 0 Å². The van der Waals surface area contributed by atoms with Gasteiger partial charge < -0.3 is 10.2 Å². The van der Waals surface area contributed by atoms with Crippen LogP contribution in [0.15, 0.2) is 22.5 Å². The van der Waals surface area contributed by atoms with Crippen LogP contribution in [-0.4, -0.2) is 45.5 Å². The molecule has 2 heterocycles. The first kappa shape index (κ1) is 22.7. The van der Waals surface area contributed by atoms with Crippen LogP contribution in [0.5, 0.6) is 0 Å². The fourth-order valence-electron chi connectivity index (χ4n) is 3.91. The van der Waals surface area contributed by atoms with E-state index in [1.807, 2.05) is 25.3 Å². The zero-order valence-electron chi connectivity index (χ0n) is 18.0. The quantitative estimate of drug-likeness (QED) is 0.677. The maximum atomic E-state index is 12.9. The number of rotatable bonds is 7. The monoisotopic (exact) mass is 450 g/mol. The van der Waals surface area contributed by atoms with Gasteiger partial charge in [0.25, 0.3) is 0 Å². The molecule has 0 radical (unpaired) electrons. The molecular weight excluding hydrogens is 420 g/mol. The van der Waals surface area contributed by atoms with E-state index in [-0.39, 0.29) is 17.3 Å². The second-order valence-corrected chi connectivity index (χ2v) is 10.6. The van der Waals surface area contributed by atoms with Gasteiger partial charge in [-0.15, -0.1) is 11.3 Å². The predicted octanol–water partition coefficient (Wildman–Crippen LogP) is 2.69. The maximum absolute atomic E-state index is 12.9. The molecule has 1 fully saturated rings. The van der Waals surface area contributed by atoms with Crippen molar-refractivity contribution in [3.8, 4) is 0 Å². The van der Waals surface area contributed by atoms with E-state index in [1.54, 1.807) is 31.4 Å². The lowest BCUT2D eigenvalue weighted by molar-refractivity contribution is -0.120. The Morgan fingerprint density at radius 2 is 1.93 bits per heavy atom. The number of nitrogens with one attached hydrogen (secondary N) is 2. The topological polar surface area (TPSA) is 91.4 Å². The lowest BCUT2D eigenvalue weighted by Gasteiger charge is -2.32. The van der Waals surface area contributed by atoms with E-state index in [0.717, 1.165) is 53.3 Å². The minimum absolute atomic E-state index is 0.267. The fraction of sp³-hybridized carbons (Fsp3) is 0.524. The molecule has 0 bridgehead atoms. The molecule has 0 saturated carbocycles. The summed E-state index contributed by atoms with van der Waals surface area (Å²) in [6, 6.07) is 1.98. The summed E-state index contributed by atoms with van der Waals surface area (Å²) < 4.78 is 28.2. The largest absolute Gasteiger partial charge is 0.355 e. The average molecular weight is 451 g/mol. The Bertz CT molecular complexity index is 978. The van der Waals surface area contributed by atoms with Gasteiger partial charge in [-0.1, -0.05) is 6.07 Å². The normalized spacial score (nSPS) is 17.2. The molecule has 0 spiro atoms. The number of amides is 1. The second-order valence-electron chi connectivity index (χ2n) is 7.99. The summed E-state index contributed by atoms with van der Waals surface area (Å²) in [4.78, 5) is 19.2. The minimum Gasteiger partial charge on any atom is -0.355 e. The van der Waals surface area contributed by atoms with Crippen LogP contribution in [0.3, 0.4) is 0 Å². The molecule has 9 heteroatoms.